The van der Waals surface area contributed by atoms with Crippen molar-refractivity contribution in [1.29, 1.82) is 0 Å². The molecule has 2 saturated heterocycles. The number of piperidine rings is 2. The van der Waals surface area contributed by atoms with Crippen LogP contribution in [-0.2, 0) is 20.9 Å². The second-order valence-electron chi connectivity index (χ2n) is 7.20. The first kappa shape index (κ1) is 16.5. The third-order valence-corrected chi connectivity index (χ3v) is 5.47. The number of nitrogens with zero attached hydrogens (tertiary/aromatic N) is 5. The Morgan fingerprint density at radius 2 is 2.16 bits per heavy atom. The highest BCUT2D eigenvalue weighted by Gasteiger charge is 2.39. The summed E-state index contributed by atoms with van der Waals surface area (Å²) in [5.74, 6) is -0.240. The Morgan fingerprint density at radius 1 is 1.28 bits per heavy atom. The molecule has 1 aromatic rings. The monoisotopic (exact) mass is 348 g/mol. The molecular formula is C16H24N6O3. The SMILES string of the molecule is NC(=O)CN1CCCC(C(=O)N2CC[C@@H]3OCc4cnnn4[C@H]3C2)C1. The van der Waals surface area contributed by atoms with Gasteiger partial charge in [0.05, 0.1) is 43.1 Å². The van der Waals surface area contributed by atoms with Crippen LogP contribution in [0.3, 0.4) is 0 Å². The van der Waals surface area contributed by atoms with Gasteiger partial charge in [-0.3, -0.25) is 14.5 Å². The zero-order chi connectivity index (χ0) is 17.4. The van der Waals surface area contributed by atoms with Gasteiger partial charge >= 0.3 is 0 Å². The van der Waals surface area contributed by atoms with Crippen molar-refractivity contribution in [1.82, 2.24) is 24.8 Å². The van der Waals surface area contributed by atoms with Gasteiger partial charge in [0, 0.05) is 19.6 Å². The standard InChI is InChI=1S/C16H24N6O3/c17-15(23)9-20-4-1-2-11(7-20)16(24)21-5-3-14-13(8-21)22-12(10-25-14)6-18-19-22/h6,11,13-14H,1-5,7-10H2,(H2,17,23)/t11?,13-,14-/m0/s1. The molecule has 0 spiro atoms. The maximum Gasteiger partial charge on any atom is 0.231 e. The van der Waals surface area contributed by atoms with Crippen molar-refractivity contribution < 1.29 is 14.3 Å². The molecule has 0 saturated carbocycles. The number of fused-ring (bicyclic) bond motifs is 3. The molecule has 3 atom stereocenters. The Kier molecular flexibility index (Phi) is 4.43. The normalized spacial score (nSPS) is 29.8. The summed E-state index contributed by atoms with van der Waals surface area (Å²) in [7, 11) is 0. The summed E-state index contributed by atoms with van der Waals surface area (Å²) < 4.78 is 7.81. The lowest BCUT2D eigenvalue weighted by atomic mass is 9.94. The Labute approximate surface area is 146 Å². The first-order chi connectivity index (χ1) is 12.1. The number of likely N-dealkylation sites (tertiary alicyclic amines) is 2. The first-order valence-electron chi connectivity index (χ1n) is 8.92. The Morgan fingerprint density at radius 3 is 3.00 bits per heavy atom. The molecule has 0 bridgehead atoms. The van der Waals surface area contributed by atoms with E-state index in [0.29, 0.717) is 26.2 Å². The van der Waals surface area contributed by atoms with Crippen molar-refractivity contribution in [3.8, 4) is 0 Å². The van der Waals surface area contributed by atoms with Crippen LogP contribution in [0.25, 0.3) is 0 Å². The second-order valence-corrected chi connectivity index (χ2v) is 7.20. The van der Waals surface area contributed by atoms with Crippen LogP contribution >= 0.6 is 0 Å². The van der Waals surface area contributed by atoms with Gasteiger partial charge in [0.25, 0.3) is 0 Å². The summed E-state index contributed by atoms with van der Waals surface area (Å²) in [4.78, 5) is 28.1. The van der Waals surface area contributed by atoms with Crippen LogP contribution in [0.5, 0.6) is 0 Å². The van der Waals surface area contributed by atoms with Gasteiger partial charge in [0.15, 0.2) is 0 Å². The number of carbonyl (C=O) groups excluding carboxylic acids is 2. The van der Waals surface area contributed by atoms with Crippen molar-refractivity contribution in [3.05, 3.63) is 11.9 Å². The zero-order valence-electron chi connectivity index (χ0n) is 14.2. The molecular weight excluding hydrogens is 324 g/mol. The Hall–Kier alpha value is -2.00. The number of hydrogen-bond donors (Lipinski definition) is 1. The lowest BCUT2D eigenvalue weighted by Gasteiger charge is -2.42. The van der Waals surface area contributed by atoms with Gasteiger partial charge in [-0.15, -0.1) is 5.10 Å². The molecule has 2 amide bonds. The maximum absolute atomic E-state index is 13.0. The molecule has 1 unspecified atom stereocenters. The van der Waals surface area contributed by atoms with Crippen LogP contribution in [0.2, 0.25) is 0 Å². The minimum atomic E-state index is -0.341. The predicted octanol–water partition coefficient (Wildman–Crippen LogP) is -0.852. The molecule has 0 aliphatic carbocycles. The van der Waals surface area contributed by atoms with Gasteiger partial charge in [-0.05, 0) is 25.8 Å². The van der Waals surface area contributed by atoms with E-state index < -0.39 is 0 Å². The molecule has 9 nitrogen and oxygen atoms in total. The molecule has 3 aliphatic rings. The van der Waals surface area contributed by atoms with Gasteiger partial charge in [-0.25, -0.2) is 4.68 Å². The van der Waals surface area contributed by atoms with Crippen LogP contribution in [-0.4, -0.2) is 75.4 Å². The summed E-state index contributed by atoms with van der Waals surface area (Å²) >= 11 is 0. The average molecular weight is 348 g/mol. The summed E-state index contributed by atoms with van der Waals surface area (Å²) in [5.41, 5.74) is 6.25. The van der Waals surface area contributed by atoms with E-state index in [1.807, 2.05) is 14.5 Å². The molecule has 4 rings (SSSR count). The van der Waals surface area contributed by atoms with Gasteiger partial charge in [-0.1, -0.05) is 5.21 Å². The number of primary amides is 1. The molecule has 9 heteroatoms. The van der Waals surface area contributed by atoms with Crippen molar-refractivity contribution in [2.45, 2.75) is 38.0 Å². The van der Waals surface area contributed by atoms with E-state index in [2.05, 4.69) is 10.3 Å². The van der Waals surface area contributed by atoms with E-state index in [-0.39, 0.29) is 36.4 Å². The highest BCUT2D eigenvalue weighted by molar-refractivity contribution is 5.80. The quantitative estimate of drug-likeness (QED) is 0.762. The molecule has 136 valence electrons. The number of amides is 2. The number of ether oxygens (including phenoxy) is 1. The second kappa shape index (κ2) is 6.72. The van der Waals surface area contributed by atoms with E-state index in [0.717, 1.165) is 31.5 Å². The predicted molar refractivity (Wildman–Crippen MR) is 87.2 cm³/mol. The number of carbonyl (C=O) groups is 2. The lowest BCUT2D eigenvalue weighted by molar-refractivity contribution is -0.144. The summed E-state index contributed by atoms with van der Waals surface area (Å²) in [5, 5.41) is 8.15. The first-order valence-corrected chi connectivity index (χ1v) is 8.92. The zero-order valence-corrected chi connectivity index (χ0v) is 14.2. The van der Waals surface area contributed by atoms with E-state index in [9.17, 15) is 9.59 Å². The molecule has 25 heavy (non-hydrogen) atoms. The average Bonchev–Trinajstić information content (AvgIpc) is 3.09. The molecule has 2 N–H and O–H groups in total. The van der Waals surface area contributed by atoms with Gasteiger partial charge in [-0.2, -0.15) is 0 Å². The minimum absolute atomic E-state index is 0.0364. The van der Waals surface area contributed by atoms with Gasteiger partial charge in [0.1, 0.15) is 0 Å². The molecule has 4 heterocycles. The van der Waals surface area contributed by atoms with E-state index >= 15 is 0 Å². The minimum Gasteiger partial charge on any atom is -0.370 e. The highest BCUT2D eigenvalue weighted by Crippen LogP contribution is 2.31. The highest BCUT2D eigenvalue weighted by atomic mass is 16.5. The van der Waals surface area contributed by atoms with E-state index in [1.165, 1.54) is 0 Å². The Balaban J connectivity index is 1.42. The number of rotatable bonds is 3. The molecule has 2 fully saturated rings. The maximum atomic E-state index is 13.0. The number of aromatic nitrogens is 3. The topological polar surface area (TPSA) is 107 Å². The van der Waals surface area contributed by atoms with Crippen LogP contribution in [0.1, 0.15) is 31.0 Å². The number of hydrogen-bond acceptors (Lipinski definition) is 6. The van der Waals surface area contributed by atoms with Crippen molar-refractivity contribution in [2.75, 3.05) is 32.7 Å². The summed E-state index contributed by atoms with van der Waals surface area (Å²) in [6.45, 7) is 3.50. The van der Waals surface area contributed by atoms with E-state index in [1.54, 1.807) is 6.20 Å². The van der Waals surface area contributed by atoms with Gasteiger partial charge < -0.3 is 15.4 Å². The van der Waals surface area contributed by atoms with Crippen molar-refractivity contribution in [2.24, 2.45) is 11.7 Å². The van der Waals surface area contributed by atoms with Crippen LogP contribution in [0.15, 0.2) is 6.20 Å². The fourth-order valence-electron chi connectivity index (χ4n) is 4.26. The molecule has 0 aromatic carbocycles. The van der Waals surface area contributed by atoms with Crippen LogP contribution in [0, 0.1) is 5.92 Å². The smallest absolute Gasteiger partial charge is 0.231 e. The van der Waals surface area contributed by atoms with E-state index in [4.69, 9.17) is 10.5 Å². The fourth-order valence-corrected chi connectivity index (χ4v) is 4.26. The molecule has 1 aromatic heterocycles. The third-order valence-electron chi connectivity index (χ3n) is 5.47. The fraction of sp³-hybridized carbons (Fsp3) is 0.750. The lowest BCUT2D eigenvalue weighted by Crippen LogP contribution is -2.53. The molecule has 0 radical (unpaired) electrons. The van der Waals surface area contributed by atoms with Crippen LogP contribution < -0.4 is 5.73 Å². The van der Waals surface area contributed by atoms with Crippen molar-refractivity contribution in [3.63, 3.8) is 0 Å². The summed E-state index contributed by atoms with van der Waals surface area (Å²) in [6.07, 6.45) is 4.41. The molecule has 3 aliphatic heterocycles. The Bertz CT molecular complexity index is 662. The third kappa shape index (κ3) is 3.25. The van der Waals surface area contributed by atoms with Crippen LogP contribution in [0.4, 0.5) is 0 Å². The largest absolute Gasteiger partial charge is 0.370 e. The summed E-state index contributed by atoms with van der Waals surface area (Å²) in [6, 6.07) is 0.0364. The van der Waals surface area contributed by atoms with Gasteiger partial charge in [0.2, 0.25) is 11.8 Å². The number of nitrogens with two attached hydrogens (primary N) is 1. The van der Waals surface area contributed by atoms with Crippen molar-refractivity contribution >= 4 is 11.8 Å².